The van der Waals surface area contributed by atoms with E-state index in [9.17, 15) is 19.6 Å². The van der Waals surface area contributed by atoms with Gasteiger partial charge in [-0.15, -0.1) is 0 Å². The van der Waals surface area contributed by atoms with E-state index < -0.39 is 17.8 Å². The Bertz CT molecular complexity index is 1200. The van der Waals surface area contributed by atoms with Crippen LogP contribution in [0.15, 0.2) is 51.5 Å². The largest absolute Gasteiger partial charge is 0.465 e. The number of nitriles is 1. The third kappa shape index (κ3) is 4.24. The molecule has 1 N–H and O–H groups in total. The number of nitrogens with zero attached hydrogens (tertiary/aromatic N) is 2. The van der Waals surface area contributed by atoms with Crippen LogP contribution >= 0.6 is 0 Å². The molecular weight excluding hydrogens is 412 g/mol. The highest BCUT2D eigenvalue weighted by atomic mass is 16.5. The number of aliphatic hydroxyl groups is 1. The third-order valence-electron chi connectivity index (χ3n) is 5.21. The van der Waals surface area contributed by atoms with Gasteiger partial charge in [-0.05, 0) is 55.7 Å². The zero-order valence-corrected chi connectivity index (χ0v) is 18.0. The minimum absolute atomic E-state index is 0.00699. The predicted molar refractivity (Wildman–Crippen MR) is 115 cm³/mol. The van der Waals surface area contributed by atoms with Gasteiger partial charge in [0.25, 0.3) is 11.8 Å². The molecule has 164 valence electrons. The molecule has 2 amide bonds. The van der Waals surface area contributed by atoms with Crippen molar-refractivity contribution < 1.29 is 28.6 Å². The second kappa shape index (κ2) is 9.45. The van der Waals surface area contributed by atoms with E-state index in [0.29, 0.717) is 22.6 Å². The van der Waals surface area contributed by atoms with Gasteiger partial charge in [-0.2, -0.15) is 5.26 Å². The minimum atomic E-state index is -0.671. The van der Waals surface area contributed by atoms with E-state index in [1.54, 1.807) is 37.3 Å². The van der Waals surface area contributed by atoms with Gasteiger partial charge in [-0.25, -0.2) is 4.79 Å². The fourth-order valence-electron chi connectivity index (χ4n) is 3.39. The van der Waals surface area contributed by atoms with Gasteiger partial charge in [0.2, 0.25) is 0 Å². The molecular formula is C24H22N2O6. The molecule has 1 aliphatic heterocycles. The standard InChI is InChI=1S/C24H22N2O6/c1-14-5-6-16(11-18(14)24(30)31-3)21-8-7-17(32-21)12-19-15(2)20(13-25)23(29)26(22(19)28)9-4-10-27/h5-8,11-12,27H,4,9-10H2,1-3H3/b19-12-. The molecule has 0 saturated carbocycles. The average Bonchev–Trinajstić information content (AvgIpc) is 3.25. The average molecular weight is 434 g/mol. The molecule has 1 aromatic carbocycles. The quantitative estimate of drug-likeness (QED) is 0.421. The van der Waals surface area contributed by atoms with Gasteiger partial charge in [0.05, 0.1) is 12.7 Å². The number of rotatable bonds is 6. The molecule has 0 bridgehead atoms. The third-order valence-corrected chi connectivity index (χ3v) is 5.21. The lowest BCUT2D eigenvalue weighted by atomic mass is 9.94. The van der Waals surface area contributed by atoms with Crippen LogP contribution in [0.4, 0.5) is 0 Å². The highest BCUT2D eigenvalue weighted by molar-refractivity contribution is 6.19. The predicted octanol–water partition coefficient (Wildman–Crippen LogP) is 3.02. The van der Waals surface area contributed by atoms with Crippen LogP contribution < -0.4 is 0 Å². The van der Waals surface area contributed by atoms with Gasteiger partial charge in [-0.1, -0.05) is 12.1 Å². The van der Waals surface area contributed by atoms with E-state index >= 15 is 0 Å². The number of carbonyl (C=O) groups is 3. The maximum absolute atomic E-state index is 12.9. The number of aliphatic hydroxyl groups excluding tert-OH is 1. The highest BCUT2D eigenvalue weighted by Gasteiger charge is 2.35. The molecule has 1 aromatic heterocycles. The van der Waals surface area contributed by atoms with Crippen LogP contribution in [-0.2, 0) is 14.3 Å². The van der Waals surface area contributed by atoms with E-state index in [1.165, 1.54) is 20.1 Å². The number of esters is 1. The van der Waals surface area contributed by atoms with Gasteiger partial charge in [0.1, 0.15) is 23.2 Å². The fourth-order valence-corrected chi connectivity index (χ4v) is 3.39. The smallest absolute Gasteiger partial charge is 0.338 e. The van der Waals surface area contributed by atoms with Crippen LogP contribution in [0, 0.1) is 18.3 Å². The second-order valence-corrected chi connectivity index (χ2v) is 7.23. The fraction of sp³-hybridized carbons (Fsp3) is 0.250. The number of imide groups is 1. The monoisotopic (exact) mass is 434 g/mol. The summed E-state index contributed by atoms with van der Waals surface area (Å²) in [6, 6.07) is 10.5. The lowest BCUT2D eigenvalue weighted by Crippen LogP contribution is -2.43. The number of aryl methyl sites for hydroxylation is 1. The topological polar surface area (TPSA) is 121 Å². The first-order valence-corrected chi connectivity index (χ1v) is 9.91. The first-order valence-electron chi connectivity index (χ1n) is 9.91. The molecule has 0 atom stereocenters. The lowest BCUT2D eigenvalue weighted by molar-refractivity contribution is -0.140. The van der Waals surface area contributed by atoms with Crippen molar-refractivity contribution in [3.05, 3.63) is 63.9 Å². The van der Waals surface area contributed by atoms with E-state index in [-0.39, 0.29) is 36.3 Å². The summed E-state index contributed by atoms with van der Waals surface area (Å²) in [5, 5.41) is 18.5. The Hall–Kier alpha value is -3.96. The molecule has 2 heterocycles. The molecule has 0 spiro atoms. The maximum Gasteiger partial charge on any atom is 0.338 e. The number of ether oxygens (including phenoxy) is 1. The number of carbonyl (C=O) groups excluding carboxylic acids is 3. The maximum atomic E-state index is 12.9. The SMILES string of the molecule is COC(=O)c1cc(-c2ccc(/C=C3\C(=O)N(CCCO)C(=O)C(C#N)=C3C)o2)ccc1C. The first kappa shape index (κ1) is 22.7. The summed E-state index contributed by atoms with van der Waals surface area (Å²) < 4.78 is 10.7. The number of amides is 2. The van der Waals surface area contributed by atoms with Gasteiger partial charge < -0.3 is 14.3 Å². The van der Waals surface area contributed by atoms with Crippen molar-refractivity contribution in [1.29, 1.82) is 5.26 Å². The Labute approximate surface area is 185 Å². The minimum Gasteiger partial charge on any atom is -0.465 e. The van der Waals surface area contributed by atoms with E-state index in [4.69, 9.17) is 14.3 Å². The molecule has 0 fully saturated rings. The summed E-state index contributed by atoms with van der Waals surface area (Å²) in [6.45, 7) is 3.16. The lowest BCUT2D eigenvalue weighted by Gasteiger charge is -2.27. The van der Waals surface area contributed by atoms with Gasteiger partial charge >= 0.3 is 5.97 Å². The van der Waals surface area contributed by atoms with Crippen molar-refractivity contribution in [3.63, 3.8) is 0 Å². The summed E-state index contributed by atoms with van der Waals surface area (Å²) in [5.41, 5.74) is 2.14. The number of hydrogen-bond donors (Lipinski definition) is 1. The normalized spacial score (nSPS) is 15.3. The Morgan fingerprint density at radius 1 is 1.22 bits per heavy atom. The van der Waals surface area contributed by atoms with E-state index in [2.05, 4.69) is 0 Å². The van der Waals surface area contributed by atoms with Gasteiger partial charge in [0, 0.05) is 24.3 Å². The number of methoxy groups -OCH3 is 1. The van der Waals surface area contributed by atoms with Crippen LogP contribution in [0.5, 0.6) is 0 Å². The van der Waals surface area contributed by atoms with Crippen LogP contribution in [0.3, 0.4) is 0 Å². The molecule has 0 aliphatic carbocycles. The van der Waals surface area contributed by atoms with Crippen molar-refractivity contribution in [2.45, 2.75) is 20.3 Å². The summed E-state index contributed by atoms with van der Waals surface area (Å²) in [7, 11) is 1.31. The van der Waals surface area contributed by atoms with Crippen molar-refractivity contribution in [3.8, 4) is 17.4 Å². The van der Waals surface area contributed by atoms with E-state index in [1.807, 2.05) is 6.07 Å². The Morgan fingerprint density at radius 3 is 2.62 bits per heavy atom. The zero-order valence-electron chi connectivity index (χ0n) is 18.0. The summed E-state index contributed by atoms with van der Waals surface area (Å²) >= 11 is 0. The van der Waals surface area contributed by atoms with Crippen molar-refractivity contribution >= 4 is 23.9 Å². The van der Waals surface area contributed by atoms with E-state index in [0.717, 1.165) is 10.5 Å². The molecule has 8 heteroatoms. The van der Waals surface area contributed by atoms with Crippen LogP contribution in [0.25, 0.3) is 17.4 Å². The molecule has 8 nitrogen and oxygen atoms in total. The molecule has 0 radical (unpaired) electrons. The molecule has 2 aromatic rings. The second-order valence-electron chi connectivity index (χ2n) is 7.23. The number of hydrogen-bond acceptors (Lipinski definition) is 7. The molecule has 1 aliphatic rings. The van der Waals surface area contributed by atoms with Crippen molar-refractivity contribution in [2.24, 2.45) is 0 Å². The van der Waals surface area contributed by atoms with Crippen molar-refractivity contribution in [1.82, 2.24) is 4.90 Å². The Morgan fingerprint density at radius 2 is 1.97 bits per heavy atom. The molecule has 3 rings (SSSR count). The molecule has 32 heavy (non-hydrogen) atoms. The Balaban J connectivity index is 2.00. The van der Waals surface area contributed by atoms with Crippen LogP contribution in [0.2, 0.25) is 0 Å². The number of furan rings is 1. The summed E-state index contributed by atoms with van der Waals surface area (Å²) in [6.07, 6.45) is 1.69. The van der Waals surface area contributed by atoms with Crippen LogP contribution in [0.1, 0.15) is 35.0 Å². The molecule has 0 saturated heterocycles. The number of benzene rings is 1. The van der Waals surface area contributed by atoms with Gasteiger partial charge in [-0.3, -0.25) is 14.5 Å². The molecule has 0 unspecified atom stereocenters. The summed E-state index contributed by atoms with van der Waals surface area (Å²) in [5.74, 6) is -0.863. The summed E-state index contributed by atoms with van der Waals surface area (Å²) in [4.78, 5) is 38.3. The van der Waals surface area contributed by atoms with Gasteiger partial charge in [0.15, 0.2) is 0 Å². The van der Waals surface area contributed by atoms with Crippen LogP contribution in [-0.4, -0.2) is 48.1 Å². The first-order chi connectivity index (χ1) is 15.3. The van der Waals surface area contributed by atoms with Crippen molar-refractivity contribution in [2.75, 3.05) is 20.3 Å². The zero-order chi connectivity index (χ0) is 23.4. The Kier molecular flexibility index (Phi) is 6.71. The highest BCUT2D eigenvalue weighted by Crippen LogP contribution is 2.30.